The van der Waals surface area contributed by atoms with Gasteiger partial charge in [0.15, 0.2) is 0 Å². The van der Waals surface area contributed by atoms with Gasteiger partial charge in [-0.15, -0.1) is 0 Å². The Labute approximate surface area is 139 Å². The smallest absolute Gasteiger partial charge is 0.239 e. The van der Waals surface area contributed by atoms with E-state index in [0.29, 0.717) is 13.0 Å². The molecule has 4 fully saturated rings. The van der Waals surface area contributed by atoms with Crippen LogP contribution in [0.25, 0.3) is 0 Å². The highest BCUT2D eigenvalue weighted by molar-refractivity contribution is 5.84. The Bertz CT molecular complexity index is 426. The molecule has 0 heterocycles. The van der Waals surface area contributed by atoms with E-state index in [4.69, 9.17) is 5.73 Å². The summed E-state index contributed by atoms with van der Waals surface area (Å²) in [4.78, 5) is 24.0. The zero-order valence-corrected chi connectivity index (χ0v) is 14.3. The van der Waals surface area contributed by atoms with Crippen LogP contribution in [0.2, 0.25) is 0 Å². The predicted molar refractivity (Wildman–Crippen MR) is 89.5 cm³/mol. The molecule has 1 unspecified atom stereocenters. The zero-order valence-electron chi connectivity index (χ0n) is 14.3. The summed E-state index contributed by atoms with van der Waals surface area (Å²) in [7, 11) is 0. The molecule has 0 aromatic rings. The van der Waals surface area contributed by atoms with Crippen LogP contribution in [-0.2, 0) is 9.59 Å². The summed E-state index contributed by atoms with van der Waals surface area (Å²) in [6.45, 7) is 2.57. The van der Waals surface area contributed by atoms with Crippen molar-refractivity contribution in [3.8, 4) is 0 Å². The van der Waals surface area contributed by atoms with Gasteiger partial charge in [0.05, 0.1) is 6.54 Å². The van der Waals surface area contributed by atoms with E-state index in [2.05, 4.69) is 10.6 Å². The van der Waals surface area contributed by atoms with Gasteiger partial charge in [0.2, 0.25) is 11.8 Å². The van der Waals surface area contributed by atoms with Crippen LogP contribution in [0.3, 0.4) is 0 Å². The van der Waals surface area contributed by atoms with Crippen LogP contribution in [0, 0.1) is 23.2 Å². The van der Waals surface area contributed by atoms with Crippen molar-refractivity contribution in [1.82, 2.24) is 10.6 Å². The number of nitrogens with one attached hydrogen (secondary N) is 2. The molecule has 4 saturated carbocycles. The van der Waals surface area contributed by atoms with Crippen molar-refractivity contribution in [3.05, 3.63) is 0 Å². The summed E-state index contributed by atoms with van der Waals surface area (Å²) < 4.78 is 0. The van der Waals surface area contributed by atoms with Crippen LogP contribution in [0.4, 0.5) is 0 Å². The average Bonchev–Trinajstić information content (AvgIpc) is 2.42. The van der Waals surface area contributed by atoms with E-state index in [1.165, 1.54) is 38.5 Å². The first-order valence-electron chi connectivity index (χ1n) is 9.23. The van der Waals surface area contributed by atoms with Gasteiger partial charge in [-0.25, -0.2) is 0 Å². The van der Waals surface area contributed by atoms with E-state index in [9.17, 15) is 9.59 Å². The Balaban J connectivity index is 1.40. The van der Waals surface area contributed by atoms with E-state index >= 15 is 0 Å². The lowest BCUT2D eigenvalue weighted by atomic mass is 9.49. The fourth-order valence-corrected chi connectivity index (χ4v) is 5.59. The monoisotopic (exact) mass is 321 g/mol. The van der Waals surface area contributed by atoms with Crippen LogP contribution < -0.4 is 16.4 Å². The normalized spacial score (nSPS) is 35.8. The summed E-state index contributed by atoms with van der Waals surface area (Å²) >= 11 is 0. The predicted octanol–water partition coefficient (Wildman–Crippen LogP) is 1.56. The molecule has 0 saturated heterocycles. The van der Waals surface area contributed by atoms with Crippen LogP contribution in [-0.4, -0.2) is 30.9 Å². The Morgan fingerprint density at radius 3 is 2.13 bits per heavy atom. The van der Waals surface area contributed by atoms with Crippen molar-refractivity contribution < 1.29 is 9.59 Å². The van der Waals surface area contributed by atoms with E-state index in [-0.39, 0.29) is 29.8 Å². The number of carbonyl (C=O) groups excluding carboxylic acids is 2. The first-order valence-corrected chi connectivity index (χ1v) is 9.23. The first kappa shape index (κ1) is 16.7. The van der Waals surface area contributed by atoms with Crippen LogP contribution in [0.15, 0.2) is 0 Å². The lowest BCUT2D eigenvalue weighted by Crippen LogP contribution is -2.48. The maximum absolute atomic E-state index is 12.3. The van der Waals surface area contributed by atoms with E-state index in [0.717, 1.165) is 24.2 Å². The van der Waals surface area contributed by atoms with E-state index < -0.39 is 0 Å². The second-order valence-corrected chi connectivity index (χ2v) is 8.49. The van der Waals surface area contributed by atoms with Crippen molar-refractivity contribution in [2.24, 2.45) is 28.9 Å². The van der Waals surface area contributed by atoms with Gasteiger partial charge in [0.25, 0.3) is 0 Å². The second-order valence-electron chi connectivity index (χ2n) is 8.49. The molecule has 0 aromatic carbocycles. The largest absolute Gasteiger partial charge is 0.355 e. The van der Waals surface area contributed by atoms with Gasteiger partial charge in [-0.2, -0.15) is 0 Å². The number of rotatable bonds is 7. The number of hydrogen-bond acceptors (Lipinski definition) is 3. The minimum Gasteiger partial charge on any atom is -0.355 e. The topological polar surface area (TPSA) is 84.2 Å². The average molecular weight is 321 g/mol. The van der Waals surface area contributed by atoms with Crippen LogP contribution >= 0.6 is 0 Å². The third-order valence-electron chi connectivity index (χ3n) is 6.07. The first-order chi connectivity index (χ1) is 10.9. The highest BCUT2D eigenvalue weighted by Crippen LogP contribution is 2.61. The van der Waals surface area contributed by atoms with E-state index in [1.807, 2.05) is 6.92 Å². The molecule has 0 radical (unpaired) electrons. The molecular weight excluding hydrogens is 290 g/mol. The number of amides is 2. The molecule has 5 heteroatoms. The molecule has 0 spiro atoms. The van der Waals surface area contributed by atoms with Gasteiger partial charge in [-0.05, 0) is 75.0 Å². The van der Waals surface area contributed by atoms with Crippen molar-refractivity contribution >= 4 is 11.8 Å². The fraction of sp³-hybridized carbons (Fsp3) is 0.889. The Morgan fingerprint density at radius 2 is 1.61 bits per heavy atom. The molecule has 2 amide bonds. The second kappa shape index (κ2) is 6.80. The van der Waals surface area contributed by atoms with Gasteiger partial charge in [-0.3, -0.25) is 9.59 Å². The van der Waals surface area contributed by atoms with Crippen LogP contribution in [0.1, 0.15) is 58.3 Å². The minimum absolute atomic E-state index is 0.0503. The fourth-order valence-electron chi connectivity index (χ4n) is 5.59. The molecule has 0 aliphatic heterocycles. The maximum Gasteiger partial charge on any atom is 0.239 e. The standard InChI is InChI=1S/C18H31N3O2/c1-12(19)2-3-20-17(23)11-21-16(22)10-18-7-13-4-14(8-18)6-15(5-13)9-18/h12-15H,2-11,19H2,1H3,(H,20,23)(H,21,22). The van der Waals surface area contributed by atoms with Gasteiger partial charge in [0, 0.05) is 19.0 Å². The zero-order chi connectivity index (χ0) is 16.4. The molecule has 5 nitrogen and oxygen atoms in total. The molecule has 130 valence electrons. The number of nitrogens with two attached hydrogens (primary N) is 1. The lowest BCUT2D eigenvalue weighted by molar-refractivity contribution is -0.131. The molecule has 0 aromatic heterocycles. The molecule has 23 heavy (non-hydrogen) atoms. The third-order valence-corrected chi connectivity index (χ3v) is 6.07. The van der Waals surface area contributed by atoms with Gasteiger partial charge in [-0.1, -0.05) is 0 Å². The van der Waals surface area contributed by atoms with Gasteiger partial charge < -0.3 is 16.4 Å². The summed E-state index contributed by atoms with van der Waals surface area (Å²) in [5.74, 6) is 2.50. The van der Waals surface area contributed by atoms with Crippen molar-refractivity contribution in [3.63, 3.8) is 0 Å². The van der Waals surface area contributed by atoms with Crippen molar-refractivity contribution in [2.45, 2.75) is 64.3 Å². The molecule has 4 aliphatic rings. The molecule has 1 atom stereocenters. The highest BCUT2D eigenvalue weighted by Gasteiger charge is 2.51. The molecule has 4 rings (SSSR count). The van der Waals surface area contributed by atoms with Crippen LogP contribution in [0.5, 0.6) is 0 Å². The summed E-state index contributed by atoms with van der Waals surface area (Å²) in [6.07, 6.45) is 9.23. The van der Waals surface area contributed by atoms with Gasteiger partial charge >= 0.3 is 0 Å². The quantitative estimate of drug-likeness (QED) is 0.665. The molecule has 4 bridgehead atoms. The lowest BCUT2D eigenvalue weighted by Gasteiger charge is -2.56. The summed E-state index contributed by atoms with van der Waals surface area (Å²) in [5, 5.41) is 5.61. The Hall–Kier alpha value is -1.10. The molecule has 4 aliphatic carbocycles. The molecular formula is C18H31N3O2. The third kappa shape index (κ3) is 4.25. The minimum atomic E-state index is -0.121. The number of hydrogen-bond donors (Lipinski definition) is 3. The Kier molecular flexibility index (Phi) is 4.95. The van der Waals surface area contributed by atoms with Crippen molar-refractivity contribution in [2.75, 3.05) is 13.1 Å². The van der Waals surface area contributed by atoms with E-state index in [1.54, 1.807) is 0 Å². The van der Waals surface area contributed by atoms with Crippen molar-refractivity contribution in [1.29, 1.82) is 0 Å². The molecule has 4 N–H and O–H groups in total. The number of carbonyl (C=O) groups is 2. The maximum atomic E-state index is 12.3. The summed E-state index contributed by atoms with van der Waals surface area (Å²) in [6, 6.07) is 0.0842. The van der Waals surface area contributed by atoms with Gasteiger partial charge in [0.1, 0.15) is 0 Å². The Morgan fingerprint density at radius 1 is 1.04 bits per heavy atom. The SMILES string of the molecule is CC(N)CCNC(=O)CNC(=O)CC12CC3CC(CC(C3)C1)C2. The summed E-state index contributed by atoms with van der Waals surface area (Å²) in [5.41, 5.74) is 5.89. The highest BCUT2D eigenvalue weighted by atomic mass is 16.2.